The van der Waals surface area contributed by atoms with Crippen LogP contribution in [0.3, 0.4) is 0 Å². The standard InChI is InChI=1S/C20H15F3N2O2/c1-12-6-14(13-4-3-5-16(7-13)20(21,22)23)8-17(18(12)19(26)27-2)15-9-24-11-25-10-15/h3-11H,1-2H3. The Morgan fingerprint density at radius 1 is 1.00 bits per heavy atom. The smallest absolute Gasteiger partial charge is 0.416 e. The fourth-order valence-corrected chi connectivity index (χ4v) is 2.87. The zero-order valence-corrected chi connectivity index (χ0v) is 14.5. The monoisotopic (exact) mass is 372 g/mol. The van der Waals surface area contributed by atoms with E-state index in [0.717, 1.165) is 12.1 Å². The van der Waals surface area contributed by atoms with E-state index < -0.39 is 17.7 Å². The van der Waals surface area contributed by atoms with Gasteiger partial charge in [-0.05, 0) is 41.8 Å². The minimum Gasteiger partial charge on any atom is -0.465 e. The second-order valence-electron chi connectivity index (χ2n) is 5.91. The van der Waals surface area contributed by atoms with Gasteiger partial charge in [0, 0.05) is 23.5 Å². The molecule has 0 fully saturated rings. The number of esters is 1. The quantitative estimate of drug-likeness (QED) is 0.612. The number of benzene rings is 2. The second-order valence-corrected chi connectivity index (χ2v) is 5.91. The first-order chi connectivity index (χ1) is 12.8. The predicted molar refractivity (Wildman–Crippen MR) is 94.0 cm³/mol. The van der Waals surface area contributed by atoms with Crippen LogP contribution >= 0.6 is 0 Å². The number of methoxy groups -OCH3 is 1. The molecule has 3 aromatic rings. The fraction of sp³-hybridized carbons (Fsp3) is 0.150. The molecule has 0 unspecified atom stereocenters. The number of ether oxygens (including phenoxy) is 1. The zero-order valence-electron chi connectivity index (χ0n) is 14.5. The average Bonchev–Trinajstić information content (AvgIpc) is 2.67. The van der Waals surface area contributed by atoms with Crippen molar-refractivity contribution in [2.75, 3.05) is 7.11 Å². The highest BCUT2D eigenvalue weighted by Crippen LogP contribution is 2.35. The summed E-state index contributed by atoms with van der Waals surface area (Å²) in [6.07, 6.45) is -0.0216. The number of halogens is 3. The molecule has 0 bridgehead atoms. The lowest BCUT2D eigenvalue weighted by Gasteiger charge is -2.15. The van der Waals surface area contributed by atoms with Gasteiger partial charge in [-0.3, -0.25) is 0 Å². The van der Waals surface area contributed by atoms with Crippen molar-refractivity contribution >= 4 is 5.97 Å². The Labute approximate surface area is 153 Å². The van der Waals surface area contributed by atoms with Gasteiger partial charge in [0.15, 0.2) is 0 Å². The van der Waals surface area contributed by atoms with Gasteiger partial charge in [0.05, 0.1) is 18.2 Å². The summed E-state index contributed by atoms with van der Waals surface area (Å²) in [4.78, 5) is 20.2. The lowest BCUT2D eigenvalue weighted by Crippen LogP contribution is -2.07. The molecule has 7 heteroatoms. The first-order valence-corrected chi connectivity index (χ1v) is 7.97. The number of hydrogen-bond donors (Lipinski definition) is 0. The SMILES string of the molecule is COC(=O)c1c(C)cc(-c2cccc(C(F)(F)F)c2)cc1-c1cncnc1. The summed E-state index contributed by atoms with van der Waals surface area (Å²) in [5.74, 6) is -0.540. The fourth-order valence-electron chi connectivity index (χ4n) is 2.87. The van der Waals surface area contributed by atoms with E-state index in [2.05, 4.69) is 9.97 Å². The summed E-state index contributed by atoms with van der Waals surface area (Å²) in [6, 6.07) is 8.35. The predicted octanol–water partition coefficient (Wildman–Crippen LogP) is 4.92. The van der Waals surface area contributed by atoms with Gasteiger partial charge >= 0.3 is 12.1 Å². The van der Waals surface area contributed by atoms with Crippen LogP contribution in [-0.2, 0) is 10.9 Å². The normalized spacial score (nSPS) is 11.3. The van der Waals surface area contributed by atoms with Crippen LogP contribution in [0.1, 0.15) is 21.5 Å². The largest absolute Gasteiger partial charge is 0.465 e. The first kappa shape index (κ1) is 18.6. The van der Waals surface area contributed by atoms with E-state index in [1.165, 1.54) is 31.9 Å². The van der Waals surface area contributed by atoms with Crippen LogP contribution in [0, 0.1) is 6.92 Å². The summed E-state index contributed by atoms with van der Waals surface area (Å²) in [5.41, 5.74) is 2.16. The molecule has 0 aliphatic heterocycles. The van der Waals surface area contributed by atoms with Gasteiger partial charge in [-0.1, -0.05) is 18.2 Å². The third kappa shape index (κ3) is 3.81. The van der Waals surface area contributed by atoms with E-state index >= 15 is 0 Å². The summed E-state index contributed by atoms with van der Waals surface area (Å²) in [5, 5.41) is 0. The van der Waals surface area contributed by atoms with Crippen LogP contribution in [0.2, 0.25) is 0 Å². The molecule has 138 valence electrons. The number of hydrogen-bond acceptors (Lipinski definition) is 4. The minimum absolute atomic E-state index is 0.322. The number of nitrogens with zero attached hydrogens (tertiary/aromatic N) is 2. The van der Waals surface area contributed by atoms with E-state index in [1.54, 1.807) is 25.1 Å². The van der Waals surface area contributed by atoms with Crippen LogP contribution in [0.5, 0.6) is 0 Å². The van der Waals surface area contributed by atoms with Gasteiger partial charge in [0.2, 0.25) is 0 Å². The Morgan fingerprint density at radius 2 is 1.70 bits per heavy atom. The Balaban J connectivity index is 2.22. The van der Waals surface area contributed by atoms with Gasteiger partial charge in [-0.25, -0.2) is 14.8 Å². The zero-order chi connectivity index (χ0) is 19.6. The number of alkyl halides is 3. The van der Waals surface area contributed by atoms with Crippen molar-refractivity contribution in [2.24, 2.45) is 0 Å². The van der Waals surface area contributed by atoms with Crippen LogP contribution in [0.25, 0.3) is 22.3 Å². The molecule has 0 N–H and O–H groups in total. The van der Waals surface area contributed by atoms with Gasteiger partial charge in [0.1, 0.15) is 6.33 Å². The number of carbonyl (C=O) groups is 1. The summed E-state index contributed by atoms with van der Waals surface area (Å²) < 4.78 is 44.0. The highest BCUT2D eigenvalue weighted by molar-refractivity contribution is 6.00. The molecule has 1 aromatic heterocycles. The third-order valence-corrected chi connectivity index (χ3v) is 4.12. The molecule has 3 rings (SSSR count). The van der Waals surface area contributed by atoms with Crippen molar-refractivity contribution in [3.05, 3.63) is 71.8 Å². The van der Waals surface area contributed by atoms with Crippen LogP contribution in [0.15, 0.2) is 55.1 Å². The summed E-state index contributed by atoms with van der Waals surface area (Å²) >= 11 is 0. The first-order valence-electron chi connectivity index (χ1n) is 7.97. The maximum atomic E-state index is 13.0. The van der Waals surface area contributed by atoms with Gasteiger partial charge in [-0.2, -0.15) is 13.2 Å². The van der Waals surface area contributed by atoms with Gasteiger partial charge in [0.25, 0.3) is 0 Å². The maximum Gasteiger partial charge on any atom is 0.416 e. The Kier molecular flexibility index (Phi) is 4.94. The van der Waals surface area contributed by atoms with Crippen molar-refractivity contribution in [1.29, 1.82) is 0 Å². The molecule has 27 heavy (non-hydrogen) atoms. The number of carbonyl (C=O) groups excluding carboxylic acids is 1. The van der Waals surface area contributed by atoms with Crippen LogP contribution in [-0.4, -0.2) is 23.0 Å². The summed E-state index contributed by atoms with van der Waals surface area (Å²) in [6.45, 7) is 1.71. The lowest BCUT2D eigenvalue weighted by molar-refractivity contribution is -0.137. The minimum atomic E-state index is -4.44. The third-order valence-electron chi connectivity index (χ3n) is 4.12. The van der Waals surface area contributed by atoms with Crippen molar-refractivity contribution < 1.29 is 22.7 Å². The number of aryl methyl sites for hydroxylation is 1. The molecule has 0 radical (unpaired) electrons. The number of aromatic nitrogens is 2. The Hall–Kier alpha value is -3.22. The molecule has 0 spiro atoms. The van der Waals surface area contributed by atoms with Crippen molar-refractivity contribution in [1.82, 2.24) is 9.97 Å². The molecule has 0 atom stereocenters. The van der Waals surface area contributed by atoms with Gasteiger partial charge < -0.3 is 4.74 Å². The molecule has 0 amide bonds. The molecule has 4 nitrogen and oxygen atoms in total. The highest BCUT2D eigenvalue weighted by atomic mass is 19.4. The van der Waals surface area contributed by atoms with Crippen molar-refractivity contribution in [2.45, 2.75) is 13.1 Å². The Bertz CT molecular complexity index is 986. The van der Waals surface area contributed by atoms with Gasteiger partial charge in [-0.15, -0.1) is 0 Å². The topological polar surface area (TPSA) is 52.1 Å². The van der Waals surface area contributed by atoms with Crippen LogP contribution < -0.4 is 0 Å². The second kappa shape index (κ2) is 7.19. The number of rotatable bonds is 3. The molecule has 0 saturated carbocycles. The van der Waals surface area contributed by atoms with E-state index in [0.29, 0.717) is 33.4 Å². The summed E-state index contributed by atoms with van der Waals surface area (Å²) in [7, 11) is 1.27. The lowest BCUT2D eigenvalue weighted by atomic mass is 9.91. The van der Waals surface area contributed by atoms with Crippen molar-refractivity contribution in [3.8, 4) is 22.3 Å². The molecular formula is C20H15F3N2O2. The highest BCUT2D eigenvalue weighted by Gasteiger charge is 2.30. The molecule has 0 aliphatic carbocycles. The Morgan fingerprint density at radius 3 is 2.33 bits per heavy atom. The van der Waals surface area contributed by atoms with Crippen LogP contribution in [0.4, 0.5) is 13.2 Å². The van der Waals surface area contributed by atoms with E-state index in [-0.39, 0.29) is 0 Å². The molecule has 2 aromatic carbocycles. The molecule has 0 aliphatic rings. The van der Waals surface area contributed by atoms with E-state index in [9.17, 15) is 18.0 Å². The molecule has 0 saturated heterocycles. The average molecular weight is 372 g/mol. The van der Waals surface area contributed by atoms with Crippen molar-refractivity contribution in [3.63, 3.8) is 0 Å². The molecular weight excluding hydrogens is 357 g/mol. The maximum absolute atomic E-state index is 13.0. The molecule has 1 heterocycles. The van der Waals surface area contributed by atoms with E-state index in [1.807, 2.05) is 0 Å². The van der Waals surface area contributed by atoms with E-state index in [4.69, 9.17) is 4.74 Å².